The Hall–Kier alpha value is -0.760. The molecule has 0 aromatic carbocycles. The van der Waals surface area contributed by atoms with E-state index >= 15 is 0 Å². The van der Waals surface area contributed by atoms with E-state index in [0.717, 1.165) is 12.0 Å². The summed E-state index contributed by atoms with van der Waals surface area (Å²) in [5.74, 6) is 0.887. The molecule has 2 heteroatoms. The van der Waals surface area contributed by atoms with Gasteiger partial charge in [0.2, 0.25) is 0 Å². The van der Waals surface area contributed by atoms with Gasteiger partial charge in [-0.2, -0.15) is 0 Å². The average Bonchev–Trinajstić information content (AvgIpc) is 2.64. The Bertz CT molecular complexity index is 326. The highest BCUT2D eigenvalue weighted by Crippen LogP contribution is 2.27. The third-order valence-corrected chi connectivity index (χ3v) is 3.92. The predicted molar refractivity (Wildman–Crippen MR) is 73.9 cm³/mol. The van der Waals surface area contributed by atoms with Gasteiger partial charge in [-0.25, -0.2) is 0 Å². The highest BCUT2D eigenvalue weighted by atomic mass is 15.3. The highest BCUT2D eigenvalue weighted by molar-refractivity contribution is 5.21. The average molecular weight is 234 g/mol. The summed E-state index contributed by atoms with van der Waals surface area (Å²) in [4.78, 5) is 5.24. The largest absolute Gasteiger partial charge is 0.369 e. The number of piperazine rings is 1. The second-order valence-electron chi connectivity index (χ2n) is 5.87. The van der Waals surface area contributed by atoms with Gasteiger partial charge in [-0.1, -0.05) is 18.6 Å². The molecule has 0 spiro atoms. The van der Waals surface area contributed by atoms with Crippen LogP contribution in [0.1, 0.15) is 34.1 Å². The van der Waals surface area contributed by atoms with Crippen molar-refractivity contribution in [2.24, 2.45) is 5.92 Å². The van der Waals surface area contributed by atoms with E-state index in [2.05, 4.69) is 49.6 Å². The van der Waals surface area contributed by atoms with Gasteiger partial charge in [-0.05, 0) is 39.2 Å². The molecular weight excluding hydrogens is 208 g/mol. The fourth-order valence-electron chi connectivity index (χ4n) is 3.18. The Morgan fingerprint density at radius 2 is 1.94 bits per heavy atom. The van der Waals surface area contributed by atoms with Crippen LogP contribution in [0, 0.1) is 5.92 Å². The smallest absolute Gasteiger partial charge is 0.0334 e. The zero-order chi connectivity index (χ0) is 12.4. The molecule has 2 atom stereocenters. The van der Waals surface area contributed by atoms with Crippen LogP contribution in [-0.4, -0.2) is 42.0 Å². The van der Waals surface area contributed by atoms with Gasteiger partial charge >= 0.3 is 0 Å². The van der Waals surface area contributed by atoms with Gasteiger partial charge in [0.05, 0.1) is 0 Å². The number of hydrogen-bond donors (Lipinski definition) is 0. The molecule has 0 aliphatic carbocycles. The van der Waals surface area contributed by atoms with Crippen molar-refractivity contribution < 1.29 is 0 Å². The van der Waals surface area contributed by atoms with Crippen molar-refractivity contribution in [1.29, 1.82) is 0 Å². The molecule has 0 aromatic heterocycles. The lowest BCUT2D eigenvalue weighted by Crippen LogP contribution is -2.49. The van der Waals surface area contributed by atoms with Crippen molar-refractivity contribution in [2.45, 2.75) is 40.2 Å². The van der Waals surface area contributed by atoms with Crippen molar-refractivity contribution >= 4 is 0 Å². The molecule has 0 radical (unpaired) electrons. The summed E-state index contributed by atoms with van der Waals surface area (Å²) < 4.78 is 0. The van der Waals surface area contributed by atoms with Crippen LogP contribution in [0.3, 0.4) is 0 Å². The lowest BCUT2D eigenvalue weighted by Gasteiger charge is -2.39. The maximum absolute atomic E-state index is 2.68. The first kappa shape index (κ1) is 12.7. The Morgan fingerprint density at radius 1 is 1.18 bits per heavy atom. The molecule has 2 saturated heterocycles. The van der Waals surface area contributed by atoms with E-state index in [1.54, 1.807) is 0 Å². The molecule has 2 unspecified atom stereocenters. The monoisotopic (exact) mass is 234 g/mol. The first-order valence-electron chi connectivity index (χ1n) is 6.90. The van der Waals surface area contributed by atoms with E-state index in [9.17, 15) is 0 Å². The van der Waals surface area contributed by atoms with Crippen LogP contribution in [0.15, 0.2) is 23.4 Å². The van der Waals surface area contributed by atoms with Crippen LogP contribution in [0.25, 0.3) is 0 Å². The quantitative estimate of drug-likeness (QED) is 0.678. The standard InChI is InChI=1S/C15H26N2/c1-5-14(8-12(2)3)17-7-6-16-10-13(4)9-15(16)11-17/h5,8,13,15H,6-7,9-11H2,1-4H3/b14-5+. The molecule has 2 fully saturated rings. The molecule has 0 aromatic rings. The van der Waals surface area contributed by atoms with E-state index < -0.39 is 0 Å². The van der Waals surface area contributed by atoms with E-state index in [1.807, 2.05) is 0 Å². The molecular formula is C15H26N2. The Balaban J connectivity index is 2.02. The zero-order valence-electron chi connectivity index (χ0n) is 11.7. The van der Waals surface area contributed by atoms with Crippen LogP contribution in [0.4, 0.5) is 0 Å². The SMILES string of the molecule is C/C=C(\C=C(C)C)N1CCN2CC(C)CC2C1. The van der Waals surface area contributed by atoms with Gasteiger partial charge in [0.25, 0.3) is 0 Å². The molecule has 96 valence electrons. The molecule has 2 nitrogen and oxygen atoms in total. The second-order valence-corrected chi connectivity index (χ2v) is 5.87. The van der Waals surface area contributed by atoms with E-state index in [0.29, 0.717) is 0 Å². The lowest BCUT2D eigenvalue weighted by atomic mass is 10.1. The molecule has 0 bridgehead atoms. The third kappa shape index (κ3) is 2.92. The van der Waals surface area contributed by atoms with Gasteiger partial charge in [0.1, 0.15) is 0 Å². The lowest BCUT2D eigenvalue weighted by molar-refractivity contribution is 0.131. The van der Waals surface area contributed by atoms with Crippen LogP contribution >= 0.6 is 0 Å². The number of hydrogen-bond acceptors (Lipinski definition) is 2. The van der Waals surface area contributed by atoms with E-state index in [-0.39, 0.29) is 0 Å². The van der Waals surface area contributed by atoms with Gasteiger partial charge < -0.3 is 4.90 Å². The summed E-state index contributed by atoms with van der Waals surface area (Å²) in [6.45, 7) is 13.8. The Labute approximate surface area is 106 Å². The van der Waals surface area contributed by atoms with E-state index in [1.165, 1.54) is 43.9 Å². The first-order chi connectivity index (χ1) is 8.10. The summed E-state index contributed by atoms with van der Waals surface area (Å²) in [6.07, 6.45) is 5.94. The van der Waals surface area contributed by atoms with Gasteiger partial charge in [-0.3, -0.25) is 4.90 Å². The minimum atomic E-state index is 0.791. The normalized spacial score (nSPS) is 30.4. The van der Waals surface area contributed by atoms with Crippen LogP contribution < -0.4 is 0 Å². The van der Waals surface area contributed by atoms with Crippen LogP contribution in [0.5, 0.6) is 0 Å². The topological polar surface area (TPSA) is 6.48 Å². The summed E-state index contributed by atoms with van der Waals surface area (Å²) in [5.41, 5.74) is 2.80. The van der Waals surface area contributed by atoms with Crippen molar-refractivity contribution in [3.63, 3.8) is 0 Å². The van der Waals surface area contributed by atoms with Crippen molar-refractivity contribution in [1.82, 2.24) is 9.80 Å². The van der Waals surface area contributed by atoms with Crippen LogP contribution in [-0.2, 0) is 0 Å². The fourth-order valence-corrected chi connectivity index (χ4v) is 3.18. The minimum absolute atomic E-state index is 0.791. The van der Waals surface area contributed by atoms with Gasteiger partial charge in [0.15, 0.2) is 0 Å². The Kier molecular flexibility index (Phi) is 3.93. The number of rotatable bonds is 2. The minimum Gasteiger partial charge on any atom is -0.369 e. The second kappa shape index (κ2) is 5.26. The zero-order valence-corrected chi connectivity index (χ0v) is 11.7. The van der Waals surface area contributed by atoms with Crippen molar-refractivity contribution in [3.05, 3.63) is 23.4 Å². The summed E-state index contributed by atoms with van der Waals surface area (Å²) >= 11 is 0. The van der Waals surface area contributed by atoms with E-state index in [4.69, 9.17) is 0 Å². The maximum atomic E-state index is 2.68. The summed E-state index contributed by atoms with van der Waals surface area (Å²) in [5, 5.41) is 0. The fraction of sp³-hybridized carbons (Fsp3) is 0.733. The molecule has 0 amide bonds. The number of nitrogens with zero attached hydrogens (tertiary/aromatic N) is 2. The Morgan fingerprint density at radius 3 is 2.59 bits per heavy atom. The molecule has 17 heavy (non-hydrogen) atoms. The number of fused-ring (bicyclic) bond motifs is 1. The van der Waals surface area contributed by atoms with Gasteiger partial charge in [0, 0.05) is 37.9 Å². The highest BCUT2D eigenvalue weighted by Gasteiger charge is 2.34. The maximum Gasteiger partial charge on any atom is 0.0334 e. The molecule has 2 aliphatic heterocycles. The number of allylic oxidation sites excluding steroid dienone is 3. The third-order valence-electron chi connectivity index (χ3n) is 3.92. The van der Waals surface area contributed by atoms with Crippen LogP contribution in [0.2, 0.25) is 0 Å². The molecule has 2 heterocycles. The molecule has 2 rings (SSSR count). The van der Waals surface area contributed by atoms with Crippen molar-refractivity contribution in [2.75, 3.05) is 26.2 Å². The molecule has 2 aliphatic rings. The molecule has 0 saturated carbocycles. The summed E-state index contributed by atoms with van der Waals surface area (Å²) in [6, 6.07) is 0.791. The van der Waals surface area contributed by atoms with Gasteiger partial charge in [-0.15, -0.1) is 0 Å². The molecule has 0 N–H and O–H groups in total. The summed E-state index contributed by atoms with van der Waals surface area (Å²) in [7, 11) is 0. The first-order valence-corrected chi connectivity index (χ1v) is 6.90. The van der Waals surface area contributed by atoms with Crippen molar-refractivity contribution in [3.8, 4) is 0 Å². The predicted octanol–water partition coefficient (Wildman–Crippen LogP) is 2.88.